The van der Waals surface area contributed by atoms with Gasteiger partial charge in [-0.05, 0) is 18.2 Å². The molecule has 0 aliphatic heterocycles. The van der Waals surface area contributed by atoms with Crippen molar-refractivity contribution in [3.8, 4) is 11.6 Å². The number of benzene rings is 1. The third kappa shape index (κ3) is 3.38. The first-order valence-corrected chi connectivity index (χ1v) is 5.52. The molecule has 1 heterocycles. The van der Waals surface area contributed by atoms with Crippen molar-refractivity contribution < 1.29 is 22.8 Å². The van der Waals surface area contributed by atoms with Gasteiger partial charge in [0.05, 0.1) is 4.92 Å². The number of nitrogens with two attached hydrogens (primary N) is 1. The van der Waals surface area contributed by atoms with Crippen LogP contribution in [-0.4, -0.2) is 9.91 Å². The highest BCUT2D eigenvalue weighted by Gasteiger charge is 2.35. The van der Waals surface area contributed by atoms with E-state index in [1.54, 1.807) is 0 Å². The van der Waals surface area contributed by atoms with Gasteiger partial charge < -0.3 is 10.5 Å². The fourth-order valence-electron chi connectivity index (χ4n) is 1.51. The normalized spacial score (nSPS) is 11.2. The fraction of sp³-hybridized carbons (Fsp3) is 0.0833. The molecule has 9 heteroatoms. The van der Waals surface area contributed by atoms with Gasteiger partial charge in [-0.2, -0.15) is 13.2 Å². The van der Waals surface area contributed by atoms with E-state index in [1.807, 2.05) is 0 Å². The Morgan fingerprint density at radius 2 is 1.95 bits per heavy atom. The van der Waals surface area contributed by atoms with Crippen molar-refractivity contribution in [3.05, 3.63) is 52.2 Å². The van der Waals surface area contributed by atoms with Crippen LogP contribution in [0.1, 0.15) is 5.56 Å². The topological polar surface area (TPSA) is 91.3 Å². The Balaban J connectivity index is 2.33. The molecule has 0 saturated heterocycles. The minimum atomic E-state index is -4.65. The number of ether oxygens (including phenoxy) is 1. The zero-order chi connectivity index (χ0) is 15.6. The van der Waals surface area contributed by atoms with Crippen molar-refractivity contribution in [1.29, 1.82) is 0 Å². The summed E-state index contributed by atoms with van der Waals surface area (Å²) in [5.41, 5.74) is 3.91. The standard InChI is InChI=1S/C12H8F3N3O3/c13-12(14,15)9-5-7(16)1-3-10(9)21-11-4-2-8(6-17-11)18(19)20/h1-6H,16H2. The Morgan fingerprint density at radius 3 is 2.48 bits per heavy atom. The second-order valence-electron chi connectivity index (χ2n) is 3.97. The minimum absolute atomic E-state index is 0.0636. The minimum Gasteiger partial charge on any atom is -0.438 e. The molecule has 0 aliphatic rings. The molecule has 1 aromatic heterocycles. The number of nitrogen functional groups attached to an aromatic ring is 1. The monoisotopic (exact) mass is 299 g/mol. The van der Waals surface area contributed by atoms with E-state index in [0.717, 1.165) is 30.5 Å². The van der Waals surface area contributed by atoms with Gasteiger partial charge in [0.25, 0.3) is 5.69 Å². The predicted molar refractivity (Wildman–Crippen MR) is 66.8 cm³/mol. The van der Waals surface area contributed by atoms with Gasteiger partial charge >= 0.3 is 6.18 Å². The van der Waals surface area contributed by atoms with Gasteiger partial charge in [-0.15, -0.1) is 0 Å². The first-order valence-electron chi connectivity index (χ1n) is 5.52. The van der Waals surface area contributed by atoms with Crippen molar-refractivity contribution in [2.75, 3.05) is 5.73 Å². The number of hydrogen-bond donors (Lipinski definition) is 1. The van der Waals surface area contributed by atoms with E-state index < -0.39 is 22.4 Å². The fourth-order valence-corrected chi connectivity index (χ4v) is 1.51. The van der Waals surface area contributed by atoms with Gasteiger partial charge in [-0.25, -0.2) is 4.98 Å². The number of pyridine rings is 1. The second kappa shape index (κ2) is 5.27. The molecule has 1 aromatic carbocycles. The maximum absolute atomic E-state index is 12.9. The molecule has 0 radical (unpaired) electrons. The molecule has 0 amide bonds. The van der Waals surface area contributed by atoms with Crippen LogP contribution >= 0.6 is 0 Å². The number of aromatic nitrogens is 1. The summed E-state index contributed by atoms with van der Waals surface area (Å²) in [7, 11) is 0. The van der Waals surface area contributed by atoms with Gasteiger partial charge in [-0.1, -0.05) is 0 Å². The average Bonchev–Trinajstić information content (AvgIpc) is 2.40. The molecule has 21 heavy (non-hydrogen) atoms. The van der Waals surface area contributed by atoms with Gasteiger partial charge in [-0.3, -0.25) is 10.1 Å². The van der Waals surface area contributed by atoms with Crippen LogP contribution in [0.2, 0.25) is 0 Å². The molecule has 0 atom stereocenters. The lowest BCUT2D eigenvalue weighted by molar-refractivity contribution is -0.385. The van der Waals surface area contributed by atoms with E-state index in [4.69, 9.17) is 10.5 Å². The molecule has 0 unspecified atom stereocenters. The molecule has 0 spiro atoms. The van der Waals surface area contributed by atoms with Crippen molar-refractivity contribution in [3.63, 3.8) is 0 Å². The third-order valence-electron chi connectivity index (χ3n) is 2.46. The molecule has 110 valence electrons. The number of hydrogen-bond acceptors (Lipinski definition) is 5. The Morgan fingerprint density at radius 1 is 1.24 bits per heavy atom. The van der Waals surface area contributed by atoms with Crippen LogP contribution in [0.5, 0.6) is 11.6 Å². The second-order valence-corrected chi connectivity index (χ2v) is 3.97. The van der Waals surface area contributed by atoms with E-state index in [0.29, 0.717) is 0 Å². The maximum Gasteiger partial charge on any atom is 0.420 e. The largest absolute Gasteiger partial charge is 0.438 e. The SMILES string of the molecule is Nc1ccc(Oc2ccc([N+](=O)[O-])cn2)c(C(F)(F)F)c1. The van der Waals surface area contributed by atoms with Crippen LogP contribution in [0, 0.1) is 10.1 Å². The van der Waals surface area contributed by atoms with Crippen molar-refractivity contribution >= 4 is 11.4 Å². The van der Waals surface area contributed by atoms with Crippen LogP contribution in [-0.2, 0) is 6.18 Å². The molecular weight excluding hydrogens is 291 g/mol. The maximum atomic E-state index is 12.9. The summed E-state index contributed by atoms with van der Waals surface area (Å²) < 4.78 is 43.6. The number of anilines is 1. The molecule has 6 nitrogen and oxygen atoms in total. The predicted octanol–water partition coefficient (Wildman–Crippen LogP) is 3.38. The van der Waals surface area contributed by atoms with E-state index >= 15 is 0 Å². The molecule has 2 rings (SSSR count). The Hall–Kier alpha value is -2.84. The highest BCUT2D eigenvalue weighted by Crippen LogP contribution is 2.38. The summed E-state index contributed by atoms with van der Waals surface area (Å²) in [5, 5.41) is 10.5. The van der Waals surface area contributed by atoms with E-state index in [1.165, 1.54) is 6.07 Å². The Bertz CT molecular complexity index is 672. The van der Waals surface area contributed by atoms with Crippen molar-refractivity contribution in [2.24, 2.45) is 0 Å². The first-order chi connectivity index (χ1) is 9.77. The lowest BCUT2D eigenvalue weighted by atomic mass is 10.1. The summed E-state index contributed by atoms with van der Waals surface area (Å²) in [6, 6.07) is 5.22. The smallest absolute Gasteiger partial charge is 0.420 e. The van der Waals surface area contributed by atoms with Crippen LogP contribution in [0.4, 0.5) is 24.5 Å². The number of rotatable bonds is 3. The van der Waals surface area contributed by atoms with E-state index in [-0.39, 0.29) is 17.3 Å². The molecule has 0 aliphatic carbocycles. The molecule has 0 saturated carbocycles. The van der Waals surface area contributed by atoms with Crippen LogP contribution in [0.15, 0.2) is 36.5 Å². The summed E-state index contributed by atoms with van der Waals surface area (Å²) in [4.78, 5) is 13.4. The number of nitro groups is 1. The number of alkyl halides is 3. The zero-order valence-electron chi connectivity index (χ0n) is 10.3. The summed E-state index contributed by atoms with van der Waals surface area (Å²) >= 11 is 0. The van der Waals surface area contributed by atoms with Gasteiger partial charge in [0, 0.05) is 17.8 Å². The van der Waals surface area contributed by atoms with Gasteiger partial charge in [0.2, 0.25) is 5.88 Å². The van der Waals surface area contributed by atoms with E-state index in [9.17, 15) is 23.3 Å². The van der Waals surface area contributed by atoms with Crippen LogP contribution in [0.3, 0.4) is 0 Å². The Labute approximate surface area is 116 Å². The van der Waals surface area contributed by atoms with Gasteiger partial charge in [0.1, 0.15) is 17.5 Å². The van der Waals surface area contributed by atoms with E-state index in [2.05, 4.69) is 4.98 Å². The van der Waals surface area contributed by atoms with Crippen molar-refractivity contribution in [2.45, 2.75) is 6.18 Å². The zero-order valence-corrected chi connectivity index (χ0v) is 10.3. The molecular formula is C12H8F3N3O3. The average molecular weight is 299 g/mol. The molecule has 2 N–H and O–H groups in total. The Kier molecular flexibility index (Phi) is 3.66. The quantitative estimate of drug-likeness (QED) is 0.533. The molecule has 2 aromatic rings. The lowest BCUT2D eigenvalue weighted by Crippen LogP contribution is -2.08. The highest BCUT2D eigenvalue weighted by molar-refractivity contribution is 5.50. The number of halogens is 3. The summed E-state index contributed by atoms with van der Waals surface area (Å²) in [5.74, 6) is -0.686. The highest BCUT2D eigenvalue weighted by atomic mass is 19.4. The lowest BCUT2D eigenvalue weighted by Gasteiger charge is -2.13. The molecule has 0 bridgehead atoms. The summed E-state index contributed by atoms with van der Waals surface area (Å²) in [6.45, 7) is 0. The van der Waals surface area contributed by atoms with Crippen LogP contribution < -0.4 is 10.5 Å². The molecule has 0 fully saturated rings. The van der Waals surface area contributed by atoms with Crippen LogP contribution in [0.25, 0.3) is 0 Å². The third-order valence-corrected chi connectivity index (χ3v) is 2.46. The number of nitrogens with zero attached hydrogens (tertiary/aromatic N) is 2. The first kappa shape index (κ1) is 14.6. The van der Waals surface area contributed by atoms with Crippen molar-refractivity contribution in [1.82, 2.24) is 4.98 Å². The van der Waals surface area contributed by atoms with Gasteiger partial charge in [0.15, 0.2) is 0 Å². The summed E-state index contributed by atoms with van der Waals surface area (Å²) in [6.07, 6.45) is -3.76.